The number of amides is 1. The second-order valence-corrected chi connectivity index (χ2v) is 7.65. The van der Waals surface area contributed by atoms with Crippen LogP contribution in [0.15, 0.2) is 0 Å². The molecule has 0 aromatic carbocycles. The van der Waals surface area contributed by atoms with Gasteiger partial charge in [0.05, 0.1) is 6.26 Å². The van der Waals surface area contributed by atoms with Gasteiger partial charge in [-0.3, -0.25) is 4.79 Å². The minimum atomic E-state index is -3.17. The summed E-state index contributed by atoms with van der Waals surface area (Å²) in [5.41, 5.74) is -0.833. The Morgan fingerprint density at radius 2 is 2.05 bits per heavy atom. The van der Waals surface area contributed by atoms with Crippen molar-refractivity contribution in [3.8, 4) is 0 Å². The summed E-state index contributed by atoms with van der Waals surface area (Å²) in [6, 6.07) is 0.0833. The first-order valence-electron chi connectivity index (χ1n) is 6.98. The Morgan fingerprint density at radius 3 is 2.60 bits per heavy atom. The highest BCUT2D eigenvalue weighted by Crippen LogP contribution is 2.24. The number of ether oxygens (including phenoxy) is 1. The lowest BCUT2D eigenvalue weighted by atomic mass is 9.96. The average molecular weight is 306 g/mol. The number of carbonyl (C=O) groups is 1. The molecular weight excluding hydrogens is 280 g/mol. The van der Waals surface area contributed by atoms with E-state index in [1.54, 1.807) is 13.8 Å². The summed E-state index contributed by atoms with van der Waals surface area (Å²) in [7, 11) is -1.64. The van der Waals surface area contributed by atoms with E-state index in [4.69, 9.17) is 4.74 Å². The number of sulfonamides is 1. The second-order valence-electron chi connectivity index (χ2n) is 5.82. The van der Waals surface area contributed by atoms with E-state index in [2.05, 4.69) is 4.72 Å². The normalized spacial score (nSPS) is 21.0. The summed E-state index contributed by atoms with van der Waals surface area (Å²) < 4.78 is 29.9. The molecule has 0 bridgehead atoms. The van der Waals surface area contributed by atoms with Gasteiger partial charge in [-0.1, -0.05) is 0 Å². The Labute approximate surface area is 121 Å². The van der Waals surface area contributed by atoms with E-state index < -0.39 is 15.6 Å². The van der Waals surface area contributed by atoms with Crippen LogP contribution >= 0.6 is 0 Å². The fourth-order valence-electron chi connectivity index (χ4n) is 2.41. The minimum Gasteiger partial charge on any atom is -0.369 e. The highest BCUT2D eigenvalue weighted by Gasteiger charge is 2.36. The van der Waals surface area contributed by atoms with Crippen molar-refractivity contribution in [2.24, 2.45) is 0 Å². The third-order valence-corrected chi connectivity index (χ3v) is 4.48. The summed E-state index contributed by atoms with van der Waals surface area (Å²) >= 11 is 0. The Balaban J connectivity index is 2.65. The molecule has 1 heterocycles. The van der Waals surface area contributed by atoms with Crippen LogP contribution in [-0.4, -0.2) is 57.3 Å². The molecule has 1 fully saturated rings. The van der Waals surface area contributed by atoms with Crippen molar-refractivity contribution in [2.45, 2.75) is 51.2 Å². The second kappa shape index (κ2) is 6.87. The lowest BCUT2D eigenvalue weighted by Crippen LogP contribution is -2.53. The van der Waals surface area contributed by atoms with Gasteiger partial charge in [0.25, 0.3) is 5.91 Å². The summed E-state index contributed by atoms with van der Waals surface area (Å²) in [5, 5.41) is 0. The van der Waals surface area contributed by atoms with Gasteiger partial charge in [-0.05, 0) is 39.5 Å². The third-order valence-electron chi connectivity index (χ3n) is 3.76. The molecule has 0 saturated carbocycles. The number of nitrogens with one attached hydrogen (secondary N) is 1. The standard InChI is InChI=1S/C13H26N2O4S/c1-13(2,19-3)12(16)15-10-6-5-7-11(15)8-9-14-20(4,17)18/h11,14H,5-10H2,1-4H3. The molecule has 1 rings (SSSR count). The maximum atomic E-state index is 12.5. The van der Waals surface area contributed by atoms with Gasteiger partial charge >= 0.3 is 0 Å². The van der Waals surface area contributed by atoms with Gasteiger partial charge in [-0.25, -0.2) is 13.1 Å². The molecule has 0 aliphatic carbocycles. The zero-order valence-electron chi connectivity index (χ0n) is 12.8. The molecule has 20 heavy (non-hydrogen) atoms. The van der Waals surface area contributed by atoms with E-state index in [0.717, 1.165) is 32.1 Å². The SMILES string of the molecule is COC(C)(C)C(=O)N1CCCCC1CCNS(C)(=O)=O. The van der Waals surface area contributed by atoms with Crippen molar-refractivity contribution >= 4 is 15.9 Å². The number of carbonyl (C=O) groups excluding carboxylic acids is 1. The van der Waals surface area contributed by atoms with Crippen LogP contribution in [0, 0.1) is 0 Å². The fraction of sp³-hybridized carbons (Fsp3) is 0.923. The van der Waals surface area contributed by atoms with Gasteiger partial charge in [0, 0.05) is 26.2 Å². The molecular formula is C13H26N2O4S. The van der Waals surface area contributed by atoms with Gasteiger partial charge in [0.1, 0.15) is 5.60 Å². The molecule has 0 aromatic heterocycles. The van der Waals surface area contributed by atoms with Gasteiger partial charge in [-0.2, -0.15) is 0 Å². The molecule has 1 aliphatic heterocycles. The molecule has 6 nitrogen and oxygen atoms in total. The first-order valence-corrected chi connectivity index (χ1v) is 8.87. The summed E-state index contributed by atoms with van der Waals surface area (Å²) in [6.07, 6.45) is 4.75. The van der Waals surface area contributed by atoms with Crippen LogP contribution < -0.4 is 4.72 Å². The molecule has 118 valence electrons. The first kappa shape index (κ1) is 17.4. The van der Waals surface area contributed by atoms with E-state index in [9.17, 15) is 13.2 Å². The van der Waals surface area contributed by atoms with Crippen molar-refractivity contribution in [1.29, 1.82) is 0 Å². The van der Waals surface area contributed by atoms with Gasteiger partial charge in [-0.15, -0.1) is 0 Å². The van der Waals surface area contributed by atoms with E-state index in [1.807, 2.05) is 4.90 Å². The van der Waals surface area contributed by atoms with Crippen LogP contribution in [0.1, 0.15) is 39.5 Å². The molecule has 0 radical (unpaired) electrons. The minimum absolute atomic E-state index is 0.0240. The monoisotopic (exact) mass is 306 g/mol. The fourth-order valence-corrected chi connectivity index (χ4v) is 2.90. The Morgan fingerprint density at radius 1 is 1.40 bits per heavy atom. The van der Waals surface area contributed by atoms with Gasteiger partial charge < -0.3 is 9.64 Å². The number of piperidine rings is 1. The molecule has 1 amide bonds. The number of methoxy groups -OCH3 is 1. The lowest BCUT2D eigenvalue weighted by molar-refractivity contribution is -0.155. The van der Waals surface area contributed by atoms with Crippen molar-refractivity contribution in [1.82, 2.24) is 9.62 Å². The highest BCUT2D eigenvalue weighted by molar-refractivity contribution is 7.88. The Kier molecular flexibility index (Phi) is 5.97. The van der Waals surface area contributed by atoms with E-state index >= 15 is 0 Å². The lowest BCUT2D eigenvalue weighted by Gasteiger charge is -2.39. The zero-order chi connectivity index (χ0) is 15.4. The molecule has 1 atom stereocenters. The number of hydrogen-bond acceptors (Lipinski definition) is 4. The van der Waals surface area contributed by atoms with Crippen molar-refractivity contribution < 1.29 is 17.9 Å². The van der Waals surface area contributed by atoms with Crippen molar-refractivity contribution in [3.05, 3.63) is 0 Å². The molecule has 0 aromatic rings. The highest BCUT2D eigenvalue weighted by atomic mass is 32.2. The van der Waals surface area contributed by atoms with Crippen LogP contribution in [0.3, 0.4) is 0 Å². The maximum absolute atomic E-state index is 12.5. The maximum Gasteiger partial charge on any atom is 0.254 e. The zero-order valence-corrected chi connectivity index (χ0v) is 13.6. The van der Waals surface area contributed by atoms with E-state index in [-0.39, 0.29) is 11.9 Å². The summed E-state index contributed by atoms with van der Waals surface area (Å²) in [6.45, 7) is 4.60. The first-order chi connectivity index (χ1) is 9.17. The summed E-state index contributed by atoms with van der Waals surface area (Å²) in [4.78, 5) is 14.3. The van der Waals surface area contributed by atoms with Crippen LogP contribution in [0.5, 0.6) is 0 Å². The topological polar surface area (TPSA) is 75.7 Å². The quantitative estimate of drug-likeness (QED) is 0.785. The van der Waals surface area contributed by atoms with E-state index in [0.29, 0.717) is 13.0 Å². The molecule has 7 heteroatoms. The average Bonchev–Trinajstić information content (AvgIpc) is 2.37. The van der Waals surface area contributed by atoms with Crippen LogP contribution in [0.4, 0.5) is 0 Å². The third kappa shape index (κ3) is 5.03. The molecule has 1 saturated heterocycles. The Bertz CT molecular complexity index is 434. The number of nitrogens with zero attached hydrogens (tertiary/aromatic N) is 1. The largest absolute Gasteiger partial charge is 0.369 e. The van der Waals surface area contributed by atoms with Crippen molar-refractivity contribution in [3.63, 3.8) is 0 Å². The van der Waals surface area contributed by atoms with Crippen LogP contribution in [0.25, 0.3) is 0 Å². The number of hydrogen-bond donors (Lipinski definition) is 1. The van der Waals surface area contributed by atoms with Crippen molar-refractivity contribution in [2.75, 3.05) is 26.5 Å². The van der Waals surface area contributed by atoms with E-state index in [1.165, 1.54) is 7.11 Å². The predicted molar refractivity (Wildman–Crippen MR) is 77.9 cm³/mol. The molecule has 1 unspecified atom stereocenters. The van der Waals surface area contributed by atoms with Crippen LogP contribution in [-0.2, 0) is 19.6 Å². The van der Waals surface area contributed by atoms with Crippen LogP contribution in [0.2, 0.25) is 0 Å². The number of rotatable bonds is 6. The molecule has 1 aliphatic rings. The van der Waals surface area contributed by atoms with Gasteiger partial charge in [0.15, 0.2) is 0 Å². The van der Waals surface area contributed by atoms with Gasteiger partial charge in [0.2, 0.25) is 10.0 Å². The molecule has 1 N–H and O–H groups in total. The number of likely N-dealkylation sites (tertiary alicyclic amines) is 1. The smallest absolute Gasteiger partial charge is 0.254 e. The summed E-state index contributed by atoms with van der Waals surface area (Å²) in [5.74, 6) is -0.0240. The Hall–Kier alpha value is -0.660. The predicted octanol–water partition coefficient (Wildman–Crippen LogP) is 0.732. The molecule has 0 spiro atoms.